The zero-order valence-electron chi connectivity index (χ0n) is 16.6. The molecule has 0 radical (unpaired) electrons. The number of aryl methyl sites for hydroxylation is 1. The minimum absolute atomic E-state index is 0.100. The Kier molecular flexibility index (Phi) is 4.87. The van der Waals surface area contributed by atoms with E-state index >= 15 is 0 Å². The number of amides is 1. The van der Waals surface area contributed by atoms with Crippen molar-refractivity contribution in [1.29, 1.82) is 0 Å². The molecular weight excluding hydrogens is 370 g/mol. The first kappa shape index (κ1) is 18.9. The fourth-order valence-electron chi connectivity index (χ4n) is 3.56. The lowest BCUT2D eigenvalue weighted by atomic mass is 10.1. The average molecular weight is 393 g/mol. The third-order valence-corrected chi connectivity index (χ3v) is 4.96. The molecule has 0 saturated carbocycles. The molecule has 0 unspecified atom stereocenters. The number of pyridine rings is 1. The van der Waals surface area contributed by atoms with Gasteiger partial charge in [-0.05, 0) is 43.9 Å². The molecule has 0 saturated heterocycles. The van der Waals surface area contributed by atoms with Gasteiger partial charge < -0.3 is 5.32 Å². The second-order valence-corrected chi connectivity index (χ2v) is 7.41. The van der Waals surface area contributed by atoms with E-state index in [1.54, 1.807) is 15.4 Å². The molecule has 0 aliphatic heterocycles. The first-order valence-electron chi connectivity index (χ1n) is 9.55. The Bertz CT molecular complexity index is 1220. The van der Waals surface area contributed by atoms with Crippen LogP contribution in [-0.4, -0.2) is 40.9 Å². The number of para-hydroxylation sites is 1. The van der Waals surface area contributed by atoms with Gasteiger partial charge in [-0.3, -0.25) is 4.79 Å². The van der Waals surface area contributed by atoms with Crippen LogP contribution < -0.4 is 11.0 Å². The monoisotopic (exact) mass is 393 g/mol. The molecule has 1 N–H and O–H groups in total. The van der Waals surface area contributed by atoms with Crippen LogP contribution in [0.25, 0.3) is 16.6 Å². The van der Waals surface area contributed by atoms with E-state index in [2.05, 4.69) is 20.5 Å². The first-order valence-corrected chi connectivity index (χ1v) is 9.55. The summed E-state index contributed by atoms with van der Waals surface area (Å²) in [7, 11) is 0. The summed E-state index contributed by atoms with van der Waals surface area (Å²) < 4.78 is 4.69. The molecular formula is C20H23N7O2. The highest BCUT2D eigenvalue weighted by atomic mass is 16.2. The molecule has 3 aromatic heterocycles. The Morgan fingerprint density at radius 1 is 1.24 bits per heavy atom. The van der Waals surface area contributed by atoms with Crippen molar-refractivity contribution in [2.75, 3.05) is 0 Å². The number of nitrogens with zero attached hydrogens (tertiary/aromatic N) is 6. The minimum Gasteiger partial charge on any atom is -0.352 e. The van der Waals surface area contributed by atoms with E-state index < -0.39 is 0 Å². The highest BCUT2D eigenvalue weighted by molar-refractivity contribution is 5.83. The van der Waals surface area contributed by atoms with E-state index in [0.717, 1.165) is 16.5 Å². The summed E-state index contributed by atoms with van der Waals surface area (Å²) in [6, 6.07) is 9.41. The molecule has 9 nitrogen and oxygen atoms in total. The average Bonchev–Trinajstić information content (AvgIpc) is 3.31. The lowest BCUT2D eigenvalue weighted by molar-refractivity contribution is -0.122. The van der Waals surface area contributed by atoms with Crippen LogP contribution in [0.4, 0.5) is 0 Å². The molecule has 9 heteroatoms. The second kappa shape index (κ2) is 7.50. The number of hydrogen-bond acceptors (Lipinski definition) is 5. The Morgan fingerprint density at radius 2 is 2.03 bits per heavy atom. The molecule has 4 rings (SSSR count). The fourth-order valence-corrected chi connectivity index (χ4v) is 3.56. The van der Waals surface area contributed by atoms with Crippen LogP contribution in [0.5, 0.6) is 0 Å². The van der Waals surface area contributed by atoms with Crippen LogP contribution in [0, 0.1) is 6.92 Å². The lowest BCUT2D eigenvalue weighted by Crippen LogP contribution is -2.39. The molecule has 0 aliphatic carbocycles. The third-order valence-electron chi connectivity index (χ3n) is 4.96. The van der Waals surface area contributed by atoms with Crippen molar-refractivity contribution in [1.82, 2.24) is 34.3 Å². The number of hydrogen-bond donors (Lipinski definition) is 1. The number of rotatable bonds is 6. The van der Waals surface area contributed by atoms with Gasteiger partial charge in [0.15, 0.2) is 5.65 Å². The third kappa shape index (κ3) is 3.63. The van der Waals surface area contributed by atoms with Crippen LogP contribution >= 0.6 is 0 Å². The van der Waals surface area contributed by atoms with E-state index in [9.17, 15) is 9.59 Å². The Labute approximate surface area is 167 Å². The molecule has 4 aromatic rings. The van der Waals surface area contributed by atoms with Gasteiger partial charge in [0.25, 0.3) is 0 Å². The predicted octanol–water partition coefficient (Wildman–Crippen LogP) is 1.71. The van der Waals surface area contributed by atoms with Gasteiger partial charge in [0.2, 0.25) is 5.91 Å². The zero-order chi connectivity index (χ0) is 20.5. The molecule has 3 heterocycles. The molecule has 0 spiro atoms. The van der Waals surface area contributed by atoms with Gasteiger partial charge in [-0.1, -0.05) is 18.2 Å². The number of aromatic nitrogens is 6. The molecule has 1 aromatic carbocycles. The number of carbonyl (C=O) groups excluding carboxylic acids is 1. The van der Waals surface area contributed by atoms with Gasteiger partial charge in [0.1, 0.15) is 12.7 Å². The van der Waals surface area contributed by atoms with Gasteiger partial charge in [-0.15, -0.1) is 5.10 Å². The van der Waals surface area contributed by atoms with Crippen LogP contribution in [0.1, 0.15) is 31.9 Å². The van der Waals surface area contributed by atoms with Crippen LogP contribution in [-0.2, 0) is 11.3 Å². The summed E-state index contributed by atoms with van der Waals surface area (Å²) in [5.74, 6) is -0.112. The second-order valence-electron chi connectivity index (χ2n) is 7.41. The highest BCUT2D eigenvalue weighted by Gasteiger charge is 2.17. The van der Waals surface area contributed by atoms with Gasteiger partial charge >= 0.3 is 5.69 Å². The van der Waals surface area contributed by atoms with Crippen molar-refractivity contribution in [3.8, 4) is 0 Å². The van der Waals surface area contributed by atoms with Crippen molar-refractivity contribution < 1.29 is 4.79 Å². The summed E-state index contributed by atoms with van der Waals surface area (Å²) in [5, 5.41) is 12.5. The van der Waals surface area contributed by atoms with Crippen molar-refractivity contribution in [2.45, 2.75) is 45.8 Å². The molecule has 2 atom stereocenters. The topological polar surface area (TPSA) is 99.1 Å². The van der Waals surface area contributed by atoms with Crippen molar-refractivity contribution in [2.24, 2.45) is 0 Å². The van der Waals surface area contributed by atoms with Gasteiger partial charge in [0.05, 0.1) is 18.1 Å². The Morgan fingerprint density at radius 3 is 2.79 bits per heavy atom. The predicted molar refractivity (Wildman–Crippen MR) is 109 cm³/mol. The molecule has 29 heavy (non-hydrogen) atoms. The maximum atomic E-state index is 13.0. The van der Waals surface area contributed by atoms with Gasteiger partial charge in [-0.25, -0.2) is 23.5 Å². The number of nitrogens with one attached hydrogen (secondary N) is 1. The van der Waals surface area contributed by atoms with Crippen molar-refractivity contribution in [3.63, 3.8) is 0 Å². The Hall–Kier alpha value is -3.49. The van der Waals surface area contributed by atoms with Gasteiger partial charge in [0, 0.05) is 12.5 Å². The van der Waals surface area contributed by atoms with E-state index in [1.165, 1.54) is 11.0 Å². The quantitative estimate of drug-likeness (QED) is 0.538. The van der Waals surface area contributed by atoms with Crippen LogP contribution in [0.2, 0.25) is 0 Å². The van der Waals surface area contributed by atoms with Crippen molar-refractivity contribution >= 4 is 22.5 Å². The fraction of sp³-hybridized carbons (Fsp3) is 0.350. The molecule has 150 valence electrons. The SMILES string of the molecule is Cc1cc2ccccc2n2c(=O)n(C[C@H](C)NC(=O)C[C@H](C)n3cncn3)nc12. The molecule has 0 bridgehead atoms. The number of fused-ring (bicyclic) bond motifs is 3. The van der Waals surface area contributed by atoms with Crippen LogP contribution in [0.3, 0.4) is 0 Å². The lowest BCUT2D eigenvalue weighted by Gasteiger charge is -2.16. The Balaban J connectivity index is 1.52. The van der Waals surface area contributed by atoms with Crippen LogP contribution in [0.15, 0.2) is 47.8 Å². The maximum Gasteiger partial charge on any atom is 0.350 e. The van der Waals surface area contributed by atoms with E-state index in [0.29, 0.717) is 5.65 Å². The van der Waals surface area contributed by atoms with E-state index in [1.807, 2.05) is 51.1 Å². The largest absolute Gasteiger partial charge is 0.352 e. The summed E-state index contributed by atoms with van der Waals surface area (Å²) in [6.07, 6.45) is 3.31. The highest BCUT2D eigenvalue weighted by Crippen LogP contribution is 2.18. The van der Waals surface area contributed by atoms with Gasteiger partial charge in [-0.2, -0.15) is 5.10 Å². The summed E-state index contributed by atoms with van der Waals surface area (Å²) in [6.45, 7) is 5.99. The zero-order valence-corrected chi connectivity index (χ0v) is 16.6. The minimum atomic E-state index is -0.250. The first-order chi connectivity index (χ1) is 13.9. The normalized spacial score (nSPS) is 13.6. The number of benzene rings is 1. The summed E-state index contributed by atoms with van der Waals surface area (Å²) in [5.41, 5.74) is 2.17. The van der Waals surface area contributed by atoms with Crippen molar-refractivity contribution in [3.05, 3.63) is 59.0 Å². The summed E-state index contributed by atoms with van der Waals surface area (Å²) in [4.78, 5) is 29.2. The molecule has 0 fully saturated rings. The maximum absolute atomic E-state index is 13.0. The van der Waals surface area contributed by atoms with E-state index in [-0.39, 0.29) is 36.6 Å². The molecule has 0 aliphatic rings. The summed E-state index contributed by atoms with van der Waals surface area (Å²) >= 11 is 0. The number of carbonyl (C=O) groups is 1. The standard InChI is InChI=1S/C20H23N7O2/c1-13-8-16-6-4-5-7-17(16)27-19(13)24-25(20(27)29)10-14(2)23-18(28)9-15(3)26-12-21-11-22-26/h4-8,11-12,14-15H,9-10H2,1-3H3,(H,23,28)/t14-,15-/m0/s1. The van der Waals surface area contributed by atoms with E-state index in [4.69, 9.17) is 0 Å². The smallest absolute Gasteiger partial charge is 0.350 e. The molecule has 1 amide bonds.